The Hall–Kier alpha value is -3.99. The molecule has 206 valence electrons. The van der Waals surface area contributed by atoms with E-state index in [9.17, 15) is 14.0 Å². The SMILES string of the molecule is CC(c1ccc2cc(C(=O)Nc3cc(NC(=O)c4ccc5c(c4)OCCO5)ccc3F)sc2c1)N1CCNCC1. The van der Waals surface area contributed by atoms with Gasteiger partial charge in [0.1, 0.15) is 19.0 Å². The number of anilines is 2. The summed E-state index contributed by atoms with van der Waals surface area (Å²) in [7, 11) is 0. The molecule has 0 bridgehead atoms. The first-order valence-corrected chi connectivity index (χ1v) is 14.1. The Balaban J connectivity index is 1.15. The highest BCUT2D eigenvalue weighted by Crippen LogP contribution is 2.33. The van der Waals surface area contributed by atoms with Gasteiger partial charge in [-0.15, -0.1) is 11.3 Å². The van der Waals surface area contributed by atoms with E-state index in [2.05, 4.69) is 39.9 Å². The molecule has 0 radical (unpaired) electrons. The van der Waals surface area contributed by atoms with E-state index in [1.54, 1.807) is 18.2 Å². The molecule has 0 aliphatic carbocycles. The number of halogens is 1. The molecule has 2 aliphatic rings. The van der Waals surface area contributed by atoms with Gasteiger partial charge in [0.25, 0.3) is 11.8 Å². The zero-order valence-electron chi connectivity index (χ0n) is 22.0. The lowest BCUT2D eigenvalue weighted by atomic mass is 10.0. The highest BCUT2D eigenvalue weighted by Gasteiger charge is 2.20. The van der Waals surface area contributed by atoms with Crippen LogP contribution in [0, 0.1) is 5.82 Å². The van der Waals surface area contributed by atoms with E-state index in [4.69, 9.17) is 9.47 Å². The van der Waals surface area contributed by atoms with Crippen molar-refractivity contribution in [2.75, 3.05) is 50.0 Å². The first-order chi connectivity index (χ1) is 19.4. The zero-order chi connectivity index (χ0) is 27.6. The maximum Gasteiger partial charge on any atom is 0.265 e. The van der Waals surface area contributed by atoms with Gasteiger partial charge in [-0.1, -0.05) is 12.1 Å². The van der Waals surface area contributed by atoms with Crippen LogP contribution in [0.3, 0.4) is 0 Å². The summed E-state index contributed by atoms with van der Waals surface area (Å²) in [6, 6.07) is 17.4. The number of piperazine rings is 1. The fourth-order valence-electron chi connectivity index (χ4n) is 4.97. The minimum absolute atomic E-state index is 0.0181. The van der Waals surface area contributed by atoms with E-state index >= 15 is 0 Å². The molecule has 1 unspecified atom stereocenters. The first-order valence-electron chi connectivity index (χ1n) is 13.2. The van der Waals surface area contributed by atoms with Crippen LogP contribution in [0.4, 0.5) is 15.8 Å². The van der Waals surface area contributed by atoms with Crippen LogP contribution in [0.5, 0.6) is 11.5 Å². The number of thiophene rings is 1. The van der Waals surface area contributed by atoms with Crippen molar-refractivity contribution in [3.63, 3.8) is 0 Å². The standard InChI is InChI=1S/C30H29FN4O4S/c1-18(35-10-8-32-9-11-35)19-2-3-20-16-28(40-27(20)15-19)30(37)34-24-17-22(5-6-23(24)31)33-29(36)21-4-7-25-26(14-21)39-13-12-38-25/h2-7,14-18,32H,8-13H2,1H3,(H,33,36)(H,34,37). The molecular formula is C30H29FN4O4S. The molecule has 0 spiro atoms. The van der Waals surface area contributed by atoms with Crippen molar-refractivity contribution >= 4 is 44.6 Å². The molecule has 2 amide bonds. The van der Waals surface area contributed by atoms with Crippen molar-refractivity contribution in [2.24, 2.45) is 0 Å². The topological polar surface area (TPSA) is 91.9 Å². The van der Waals surface area contributed by atoms with E-state index in [0.717, 1.165) is 36.3 Å². The number of hydrogen-bond acceptors (Lipinski definition) is 7. The molecule has 8 nitrogen and oxygen atoms in total. The third-order valence-electron chi connectivity index (χ3n) is 7.23. The molecular weight excluding hydrogens is 531 g/mol. The second-order valence-electron chi connectivity index (χ2n) is 9.83. The van der Waals surface area contributed by atoms with Gasteiger partial charge < -0.3 is 25.4 Å². The van der Waals surface area contributed by atoms with Gasteiger partial charge in [0, 0.05) is 48.2 Å². The predicted molar refractivity (Wildman–Crippen MR) is 154 cm³/mol. The number of fused-ring (bicyclic) bond motifs is 2. The summed E-state index contributed by atoms with van der Waals surface area (Å²) < 4.78 is 26.7. The zero-order valence-corrected chi connectivity index (χ0v) is 22.8. The highest BCUT2D eigenvalue weighted by atomic mass is 32.1. The van der Waals surface area contributed by atoms with E-state index < -0.39 is 17.6 Å². The lowest BCUT2D eigenvalue weighted by Crippen LogP contribution is -2.44. The number of nitrogens with one attached hydrogen (secondary N) is 3. The third kappa shape index (κ3) is 5.51. The Morgan fingerprint density at radius 1 is 0.925 bits per heavy atom. The maximum atomic E-state index is 14.7. The lowest BCUT2D eigenvalue weighted by Gasteiger charge is -2.33. The molecule has 1 saturated heterocycles. The van der Waals surface area contributed by atoms with Crippen molar-refractivity contribution in [1.82, 2.24) is 10.2 Å². The second-order valence-corrected chi connectivity index (χ2v) is 10.9. The van der Waals surface area contributed by atoms with E-state index in [0.29, 0.717) is 40.8 Å². The fraction of sp³-hybridized carbons (Fsp3) is 0.267. The Bertz CT molecular complexity index is 1580. The van der Waals surface area contributed by atoms with Gasteiger partial charge in [0.2, 0.25) is 0 Å². The van der Waals surface area contributed by atoms with Crippen molar-refractivity contribution in [3.05, 3.63) is 82.5 Å². The minimum Gasteiger partial charge on any atom is -0.486 e. The first kappa shape index (κ1) is 26.2. The Morgan fingerprint density at radius 3 is 2.55 bits per heavy atom. The summed E-state index contributed by atoms with van der Waals surface area (Å²) >= 11 is 1.37. The maximum absolute atomic E-state index is 14.7. The Morgan fingerprint density at radius 2 is 1.73 bits per heavy atom. The second kappa shape index (κ2) is 11.2. The summed E-state index contributed by atoms with van der Waals surface area (Å²) in [4.78, 5) is 28.8. The van der Waals surface area contributed by atoms with E-state index in [-0.39, 0.29) is 11.7 Å². The number of carbonyl (C=O) groups excluding carboxylic acids is 2. The summed E-state index contributed by atoms with van der Waals surface area (Å²) in [5.41, 5.74) is 1.90. The Kier molecular flexibility index (Phi) is 7.38. The summed E-state index contributed by atoms with van der Waals surface area (Å²) in [5.74, 6) is -0.317. The molecule has 2 aliphatic heterocycles. The van der Waals surface area contributed by atoms with Gasteiger partial charge in [-0.3, -0.25) is 14.5 Å². The number of hydrogen-bond donors (Lipinski definition) is 3. The van der Waals surface area contributed by atoms with Crippen LogP contribution in [0.15, 0.2) is 60.7 Å². The molecule has 4 aromatic rings. The van der Waals surface area contributed by atoms with Crippen LogP contribution in [-0.2, 0) is 0 Å². The van der Waals surface area contributed by atoms with Gasteiger partial charge in [-0.25, -0.2) is 4.39 Å². The third-order valence-corrected chi connectivity index (χ3v) is 8.32. The normalized spacial score (nSPS) is 15.9. The largest absolute Gasteiger partial charge is 0.486 e. The van der Waals surface area contributed by atoms with Gasteiger partial charge in [-0.2, -0.15) is 0 Å². The number of benzene rings is 3. The van der Waals surface area contributed by atoms with Crippen LogP contribution >= 0.6 is 11.3 Å². The Labute approximate surface area is 235 Å². The van der Waals surface area contributed by atoms with Crippen LogP contribution in [0.25, 0.3) is 10.1 Å². The van der Waals surface area contributed by atoms with E-state index in [1.165, 1.54) is 35.1 Å². The molecule has 3 N–H and O–H groups in total. The van der Waals surface area contributed by atoms with Gasteiger partial charge >= 0.3 is 0 Å². The molecule has 3 aromatic carbocycles. The molecule has 6 rings (SSSR count). The fourth-order valence-corrected chi connectivity index (χ4v) is 5.98. The number of amides is 2. The van der Waals surface area contributed by atoms with Crippen LogP contribution in [-0.4, -0.2) is 56.1 Å². The average Bonchev–Trinajstić information content (AvgIpc) is 3.42. The summed E-state index contributed by atoms with van der Waals surface area (Å²) in [6.07, 6.45) is 0. The van der Waals surface area contributed by atoms with Crippen LogP contribution in [0.1, 0.15) is 38.6 Å². The molecule has 3 heterocycles. The smallest absolute Gasteiger partial charge is 0.265 e. The quantitative estimate of drug-likeness (QED) is 0.297. The summed E-state index contributed by atoms with van der Waals surface area (Å²) in [6.45, 7) is 7.04. The molecule has 0 saturated carbocycles. The van der Waals surface area contributed by atoms with Crippen molar-refractivity contribution in [2.45, 2.75) is 13.0 Å². The van der Waals surface area contributed by atoms with Crippen molar-refractivity contribution in [1.29, 1.82) is 0 Å². The van der Waals surface area contributed by atoms with Crippen molar-refractivity contribution < 1.29 is 23.5 Å². The molecule has 40 heavy (non-hydrogen) atoms. The monoisotopic (exact) mass is 560 g/mol. The van der Waals surface area contributed by atoms with Gasteiger partial charge in [-0.05, 0) is 66.4 Å². The van der Waals surface area contributed by atoms with Gasteiger partial charge in [0.05, 0.1) is 10.6 Å². The van der Waals surface area contributed by atoms with E-state index in [1.807, 2.05) is 12.1 Å². The number of carbonyl (C=O) groups is 2. The lowest BCUT2D eigenvalue weighted by molar-refractivity contribution is 0.102. The van der Waals surface area contributed by atoms with Crippen molar-refractivity contribution in [3.8, 4) is 11.5 Å². The minimum atomic E-state index is -0.598. The highest BCUT2D eigenvalue weighted by molar-refractivity contribution is 7.20. The number of nitrogens with zero attached hydrogens (tertiary/aromatic N) is 1. The molecule has 10 heteroatoms. The number of ether oxygens (including phenoxy) is 2. The van der Waals surface area contributed by atoms with Gasteiger partial charge in [0.15, 0.2) is 11.5 Å². The summed E-state index contributed by atoms with van der Waals surface area (Å²) in [5, 5.41) is 9.76. The predicted octanol–water partition coefficient (Wildman–Crippen LogP) is 5.28. The van der Waals surface area contributed by atoms with Crippen LogP contribution in [0.2, 0.25) is 0 Å². The average molecular weight is 561 g/mol. The molecule has 1 fully saturated rings. The molecule has 1 atom stereocenters. The molecule has 1 aromatic heterocycles. The number of rotatable bonds is 6. The van der Waals surface area contributed by atoms with Crippen LogP contribution < -0.4 is 25.4 Å².